The number of aromatic amines is 1. The first-order chi connectivity index (χ1) is 8.78. The van der Waals surface area contributed by atoms with Crippen molar-refractivity contribution >= 4 is 10.9 Å². The molecule has 0 radical (unpaired) electrons. The van der Waals surface area contributed by atoms with E-state index < -0.39 is 0 Å². The Labute approximate surface area is 106 Å². The maximum Gasteiger partial charge on any atom is 0.142 e. The van der Waals surface area contributed by atoms with Crippen molar-refractivity contribution in [1.82, 2.24) is 4.98 Å². The quantitative estimate of drug-likeness (QED) is 0.711. The van der Waals surface area contributed by atoms with Crippen LogP contribution in [0.2, 0.25) is 0 Å². The summed E-state index contributed by atoms with van der Waals surface area (Å²) in [5.74, 6) is 0.880. The first kappa shape index (κ1) is 10.9. The van der Waals surface area contributed by atoms with E-state index in [-0.39, 0.29) is 0 Å². The van der Waals surface area contributed by atoms with Crippen LogP contribution in [0.15, 0.2) is 48.5 Å². The van der Waals surface area contributed by atoms with Gasteiger partial charge in [0, 0.05) is 11.1 Å². The Bertz CT molecular complexity index is 680. The molecule has 0 atom stereocenters. The molecule has 0 fully saturated rings. The molecule has 2 heteroatoms. The summed E-state index contributed by atoms with van der Waals surface area (Å²) in [6.07, 6.45) is 0. The van der Waals surface area contributed by atoms with Gasteiger partial charge >= 0.3 is 0 Å². The first-order valence-electron chi connectivity index (χ1n) is 6.01. The van der Waals surface area contributed by atoms with Crippen LogP contribution in [-0.4, -0.2) is 12.1 Å². The second-order valence-electron chi connectivity index (χ2n) is 4.47. The van der Waals surface area contributed by atoms with E-state index in [1.54, 1.807) is 7.11 Å². The fourth-order valence-electron chi connectivity index (χ4n) is 2.19. The average Bonchev–Trinajstić information content (AvgIpc) is 2.83. The molecule has 0 aliphatic carbocycles. The molecule has 18 heavy (non-hydrogen) atoms. The smallest absolute Gasteiger partial charge is 0.142 e. The minimum atomic E-state index is 0.880. The summed E-state index contributed by atoms with van der Waals surface area (Å²) in [4.78, 5) is 3.43. The lowest BCUT2D eigenvalue weighted by molar-refractivity contribution is 0.419. The summed E-state index contributed by atoms with van der Waals surface area (Å²) >= 11 is 0. The van der Waals surface area contributed by atoms with Crippen LogP contribution in [0.25, 0.3) is 22.2 Å². The number of para-hydroxylation sites is 1. The molecule has 0 amide bonds. The molecule has 90 valence electrons. The lowest BCUT2D eigenvalue weighted by Gasteiger charge is -2.00. The van der Waals surface area contributed by atoms with Crippen molar-refractivity contribution in [2.75, 3.05) is 7.11 Å². The minimum Gasteiger partial charge on any atom is -0.495 e. The van der Waals surface area contributed by atoms with E-state index in [1.807, 2.05) is 12.1 Å². The SMILES string of the molecule is COc1cccc2cc(-c3ccc(C)cc3)[nH]c12. The van der Waals surface area contributed by atoms with Gasteiger partial charge in [0.05, 0.1) is 12.6 Å². The molecule has 0 saturated heterocycles. The van der Waals surface area contributed by atoms with Crippen LogP contribution < -0.4 is 4.74 Å². The van der Waals surface area contributed by atoms with Gasteiger partial charge in [0.1, 0.15) is 5.75 Å². The summed E-state index contributed by atoms with van der Waals surface area (Å²) in [5.41, 5.74) is 4.64. The number of H-pyrrole nitrogens is 1. The summed E-state index contributed by atoms with van der Waals surface area (Å²) in [6, 6.07) is 16.7. The topological polar surface area (TPSA) is 25.0 Å². The molecule has 0 unspecified atom stereocenters. The fraction of sp³-hybridized carbons (Fsp3) is 0.125. The van der Waals surface area contributed by atoms with Crippen LogP contribution >= 0.6 is 0 Å². The van der Waals surface area contributed by atoms with Crippen molar-refractivity contribution in [3.05, 3.63) is 54.1 Å². The number of nitrogens with one attached hydrogen (secondary N) is 1. The molecule has 3 aromatic rings. The van der Waals surface area contributed by atoms with E-state index in [4.69, 9.17) is 4.74 Å². The Balaban J connectivity index is 2.16. The number of aryl methyl sites for hydroxylation is 1. The number of methoxy groups -OCH3 is 1. The first-order valence-corrected chi connectivity index (χ1v) is 6.01. The minimum absolute atomic E-state index is 0.880. The van der Waals surface area contributed by atoms with Crippen LogP contribution in [0.5, 0.6) is 5.75 Å². The molecule has 0 bridgehead atoms. The van der Waals surface area contributed by atoms with Crippen molar-refractivity contribution in [3.8, 4) is 17.0 Å². The molecular formula is C16H15NO. The highest BCUT2D eigenvalue weighted by Gasteiger charge is 2.06. The number of rotatable bonds is 2. The van der Waals surface area contributed by atoms with Gasteiger partial charge in [-0.1, -0.05) is 42.0 Å². The van der Waals surface area contributed by atoms with Crippen LogP contribution in [0.3, 0.4) is 0 Å². The third kappa shape index (κ3) is 1.76. The van der Waals surface area contributed by atoms with Gasteiger partial charge in [0.25, 0.3) is 0 Å². The predicted octanol–water partition coefficient (Wildman–Crippen LogP) is 4.15. The van der Waals surface area contributed by atoms with Crippen molar-refractivity contribution < 1.29 is 4.74 Å². The van der Waals surface area contributed by atoms with Gasteiger partial charge in [-0.3, -0.25) is 0 Å². The number of fused-ring (bicyclic) bond motifs is 1. The Morgan fingerprint density at radius 3 is 2.50 bits per heavy atom. The van der Waals surface area contributed by atoms with Crippen molar-refractivity contribution in [2.24, 2.45) is 0 Å². The van der Waals surface area contributed by atoms with E-state index in [0.717, 1.165) is 17.0 Å². The largest absolute Gasteiger partial charge is 0.495 e. The summed E-state index contributed by atoms with van der Waals surface area (Å²) in [5, 5.41) is 1.17. The Morgan fingerprint density at radius 1 is 1.00 bits per heavy atom. The number of aromatic nitrogens is 1. The maximum atomic E-state index is 5.36. The van der Waals surface area contributed by atoms with E-state index in [1.165, 1.54) is 16.5 Å². The predicted molar refractivity (Wildman–Crippen MR) is 75.0 cm³/mol. The zero-order valence-electron chi connectivity index (χ0n) is 10.5. The summed E-state index contributed by atoms with van der Waals surface area (Å²) in [6.45, 7) is 2.10. The monoisotopic (exact) mass is 237 g/mol. The molecule has 2 nitrogen and oxygen atoms in total. The second kappa shape index (κ2) is 4.22. The lowest BCUT2D eigenvalue weighted by atomic mass is 10.1. The average molecular weight is 237 g/mol. The van der Waals surface area contributed by atoms with E-state index in [9.17, 15) is 0 Å². The molecule has 2 aromatic carbocycles. The number of ether oxygens (including phenoxy) is 1. The fourth-order valence-corrected chi connectivity index (χ4v) is 2.19. The van der Waals surface area contributed by atoms with Gasteiger partial charge in [-0.05, 0) is 24.6 Å². The highest BCUT2D eigenvalue weighted by molar-refractivity contribution is 5.90. The lowest BCUT2D eigenvalue weighted by Crippen LogP contribution is -1.83. The molecule has 0 aliphatic rings. The van der Waals surface area contributed by atoms with Gasteiger partial charge in [0.2, 0.25) is 0 Å². The molecule has 0 spiro atoms. The molecule has 0 aliphatic heterocycles. The third-order valence-electron chi connectivity index (χ3n) is 3.20. The van der Waals surface area contributed by atoms with Crippen LogP contribution in [0.4, 0.5) is 0 Å². The Kier molecular flexibility index (Phi) is 2.56. The highest BCUT2D eigenvalue weighted by atomic mass is 16.5. The van der Waals surface area contributed by atoms with Crippen molar-refractivity contribution in [1.29, 1.82) is 0 Å². The molecule has 1 N–H and O–H groups in total. The van der Waals surface area contributed by atoms with Gasteiger partial charge in [-0.25, -0.2) is 0 Å². The Morgan fingerprint density at radius 2 is 1.78 bits per heavy atom. The van der Waals surface area contributed by atoms with E-state index in [2.05, 4.69) is 48.3 Å². The van der Waals surface area contributed by atoms with Gasteiger partial charge in [-0.15, -0.1) is 0 Å². The third-order valence-corrected chi connectivity index (χ3v) is 3.20. The molecule has 3 rings (SSSR count). The molecule has 1 heterocycles. The van der Waals surface area contributed by atoms with Crippen molar-refractivity contribution in [2.45, 2.75) is 6.92 Å². The summed E-state index contributed by atoms with van der Waals surface area (Å²) < 4.78 is 5.36. The van der Waals surface area contributed by atoms with E-state index in [0.29, 0.717) is 0 Å². The number of hydrogen-bond acceptors (Lipinski definition) is 1. The van der Waals surface area contributed by atoms with Crippen molar-refractivity contribution in [3.63, 3.8) is 0 Å². The van der Waals surface area contributed by atoms with E-state index >= 15 is 0 Å². The highest BCUT2D eigenvalue weighted by Crippen LogP contribution is 2.29. The zero-order valence-corrected chi connectivity index (χ0v) is 10.5. The van der Waals surface area contributed by atoms with Gasteiger partial charge < -0.3 is 9.72 Å². The second-order valence-corrected chi connectivity index (χ2v) is 4.47. The number of hydrogen-bond donors (Lipinski definition) is 1. The zero-order chi connectivity index (χ0) is 12.5. The van der Waals surface area contributed by atoms with Gasteiger partial charge in [0.15, 0.2) is 0 Å². The van der Waals surface area contributed by atoms with Crippen LogP contribution in [-0.2, 0) is 0 Å². The molecule has 1 aromatic heterocycles. The summed E-state index contributed by atoms with van der Waals surface area (Å²) in [7, 11) is 1.70. The van der Waals surface area contributed by atoms with Gasteiger partial charge in [-0.2, -0.15) is 0 Å². The molecular weight excluding hydrogens is 222 g/mol. The standard InChI is InChI=1S/C16H15NO/c1-11-6-8-12(9-7-11)14-10-13-4-3-5-15(18-2)16(13)17-14/h3-10,17H,1-2H3. The maximum absolute atomic E-state index is 5.36. The van der Waals surface area contributed by atoms with Crippen LogP contribution in [0, 0.1) is 6.92 Å². The normalized spacial score (nSPS) is 10.8. The number of benzene rings is 2. The van der Waals surface area contributed by atoms with Crippen LogP contribution in [0.1, 0.15) is 5.56 Å². The molecule has 0 saturated carbocycles. The Hall–Kier alpha value is -2.22.